The molecule has 0 spiro atoms. The molecule has 0 aromatic rings. The van der Waals surface area contributed by atoms with Crippen LogP contribution in [0.1, 0.15) is 33.6 Å². The van der Waals surface area contributed by atoms with Crippen LogP contribution in [-0.4, -0.2) is 42.4 Å². The van der Waals surface area contributed by atoms with Crippen LogP contribution in [-0.2, 0) is 9.59 Å². The summed E-state index contributed by atoms with van der Waals surface area (Å²) in [6.07, 6.45) is 1.03. The van der Waals surface area contributed by atoms with Gasteiger partial charge in [0.1, 0.15) is 0 Å². The normalized spacial score (nSPS) is 12.2. The summed E-state index contributed by atoms with van der Waals surface area (Å²) in [5, 5.41) is 3.09. The van der Waals surface area contributed by atoms with Gasteiger partial charge in [-0.15, -0.1) is 0 Å². The van der Waals surface area contributed by atoms with Crippen molar-refractivity contribution in [3.8, 4) is 0 Å². The number of carbonyl (C=O) groups is 2. The monoisotopic (exact) mass is 229 g/mol. The second-order valence-corrected chi connectivity index (χ2v) is 3.76. The van der Waals surface area contributed by atoms with Crippen molar-refractivity contribution in [3.05, 3.63) is 0 Å². The van der Waals surface area contributed by atoms with Crippen molar-refractivity contribution >= 4 is 11.8 Å². The van der Waals surface area contributed by atoms with E-state index in [0.717, 1.165) is 13.1 Å². The second kappa shape index (κ2) is 8.10. The highest BCUT2D eigenvalue weighted by Crippen LogP contribution is 1.95. The third-order valence-corrected chi connectivity index (χ3v) is 2.50. The second-order valence-electron chi connectivity index (χ2n) is 3.76. The molecule has 0 heterocycles. The van der Waals surface area contributed by atoms with Crippen molar-refractivity contribution in [1.29, 1.82) is 0 Å². The quantitative estimate of drug-likeness (QED) is 0.580. The van der Waals surface area contributed by atoms with Crippen LogP contribution in [0.5, 0.6) is 0 Å². The summed E-state index contributed by atoms with van der Waals surface area (Å²) in [5.41, 5.74) is 5.02. The van der Waals surface area contributed by atoms with Gasteiger partial charge in [-0.25, -0.2) is 0 Å². The molecular weight excluding hydrogens is 206 g/mol. The minimum absolute atomic E-state index is 0.101. The lowest BCUT2D eigenvalue weighted by molar-refractivity contribution is -0.132. The average molecular weight is 229 g/mol. The first-order valence-corrected chi connectivity index (χ1v) is 5.83. The first-order chi connectivity index (χ1) is 7.52. The number of likely N-dealkylation sites (N-methyl/N-ethyl adjacent to an activating group) is 1. The number of hydrogen-bond acceptors (Lipinski definition) is 3. The molecular formula is C11H23N3O2. The Labute approximate surface area is 97.4 Å². The summed E-state index contributed by atoms with van der Waals surface area (Å²) in [5.74, 6) is -0.200. The lowest BCUT2D eigenvalue weighted by atomic mass is 10.2. The fraction of sp³-hybridized carbons (Fsp3) is 0.818. The molecule has 16 heavy (non-hydrogen) atoms. The molecule has 2 amide bonds. The molecule has 0 aliphatic heterocycles. The first-order valence-electron chi connectivity index (χ1n) is 5.83. The van der Waals surface area contributed by atoms with Crippen LogP contribution in [0.3, 0.4) is 0 Å². The van der Waals surface area contributed by atoms with Crippen LogP contribution in [0, 0.1) is 0 Å². The molecule has 0 aliphatic rings. The number of hydrogen-bond donors (Lipinski definition) is 2. The molecule has 1 unspecified atom stereocenters. The minimum atomic E-state index is -0.301. The van der Waals surface area contributed by atoms with Gasteiger partial charge in [0, 0.05) is 19.5 Å². The van der Waals surface area contributed by atoms with Crippen molar-refractivity contribution in [2.45, 2.75) is 39.7 Å². The minimum Gasteiger partial charge on any atom is -0.370 e. The van der Waals surface area contributed by atoms with E-state index in [-0.39, 0.29) is 17.9 Å². The van der Waals surface area contributed by atoms with Crippen molar-refractivity contribution in [1.82, 2.24) is 10.2 Å². The summed E-state index contributed by atoms with van der Waals surface area (Å²) in [6.45, 7) is 7.84. The summed E-state index contributed by atoms with van der Waals surface area (Å²) >= 11 is 0. The Morgan fingerprint density at radius 3 is 2.31 bits per heavy atom. The highest BCUT2D eigenvalue weighted by atomic mass is 16.2. The SMILES string of the molecule is CCN(CC)C(=O)C(C)NCCCC(N)=O. The van der Waals surface area contributed by atoms with Gasteiger partial charge in [-0.2, -0.15) is 0 Å². The Balaban J connectivity index is 3.82. The van der Waals surface area contributed by atoms with Gasteiger partial charge in [-0.05, 0) is 33.7 Å². The van der Waals surface area contributed by atoms with Gasteiger partial charge in [0.25, 0.3) is 0 Å². The molecule has 0 aromatic heterocycles. The van der Waals surface area contributed by atoms with Gasteiger partial charge in [-0.1, -0.05) is 0 Å². The zero-order chi connectivity index (χ0) is 12.6. The predicted octanol–water partition coefficient (Wildman–Crippen LogP) is 0.0984. The van der Waals surface area contributed by atoms with E-state index in [2.05, 4.69) is 5.32 Å². The standard InChI is InChI=1S/C11H23N3O2/c1-4-14(5-2)11(16)9(3)13-8-6-7-10(12)15/h9,13H,4-8H2,1-3H3,(H2,12,15). The number of amides is 2. The van der Waals surface area contributed by atoms with E-state index < -0.39 is 0 Å². The lowest BCUT2D eigenvalue weighted by Crippen LogP contribution is -2.45. The topological polar surface area (TPSA) is 75.4 Å². The smallest absolute Gasteiger partial charge is 0.239 e. The van der Waals surface area contributed by atoms with E-state index in [1.165, 1.54) is 0 Å². The zero-order valence-electron chi connectivity index (χ0n) is 10.5. The molecule has 0 fully saturated rings. The Kier molecular flexibility index (Phi) is 7.54. The van der Waals surface area contributed by atoms with Gasteiger partial charge in [0.05, 0.1) is 6.04 Å². The third-order valence-electron chi connectivity index (χ3n) is 2.50. The van der Waals surface area contributed by atoms with Gasteiger partial charge in [0.15, 0.2) is 0 Å². The molecule has 0 aromatic carbocycles. The Morgan fingerprint density at radius 1 is 1.31 bits per heavy atom. The Morgan fingerprint density at radius 2 is 1.88 bits per heavy atom. The maximum atomic E-state index is 11.8. The molecule has 3 N–H and O–H groups in total. The molecule has 0 radical (unpaired) electrons. The fourth-order valence-electron chi connectivity index (χ4n) is 1.48. The first kappa shape index (κ1) is 14.9. The largest absolute Gasteiger partial charge is 0.370 e. The van der Waals surface area contributed by atoms with E-state index in [0.29, 0.717) is 19.4 Å². The summed E-state index contributed by atoms with van der Waals surface area (Å²) < 4.78 is 0. The molecule has 0 aliphatic carbocycles. The van der Waals surface area contributed by atoms with Crippen LogP contribution in [0.25, 0.3) is 0 Å². The Bertz CT molecular complexity index is 227. The predicted molar refractivity (Wildman–Crippen MR) is 63.8 cm³/mol. The van der Waals surface area contributed by atoms with Crippen molar-refractivity contribution in [2.75, 3.05) is 19.6 Å². The Hall–Kier alpha value is -1.10. The molecule has 1 atom stereocenters. The highest BCUT2D eigenvalue weighted by Gasteiger charge is 2.16. The van der Waals surface area contributed by atoms with E-state index in [1.807, 2.05) is 20.8 Å². The molecule has 5 heteroatoms. The molecule has 0 saturated heterocycles. The number of rotatable bonds is 8. The number of carbonyl (C=O) groups excluding carboxylic acids is 2. The molecule has 5 nitrogen and oxygen atoms in total. The number of nitrogens with zero attached hydrogens (tertiary/aromatic N) is 1. The summed E-state index contributed by atoms with van der Waals surface area (Å²) in [7, 11) is 0. The molecule has 94 valence electrons. The van der Waals surface area contributed by atoms with Crippen LogP contribution in [0.15, 0.2) is 0 Å². The van der Waals surface area contributed by atoms with E-state index in [9.17, 15) is 9.59 Å². The van der Waals surface area contributed by atoms with Crippen LogP contribution >= 0.6 is 0 Å². The van der Waals surface area contributed by atoms with Crippen LogP contribution in [0.2, 0.25) is 0 Å². The van der Waals surface area contributed by atoms with Gasteiger partial charge in [0.2, 0.25) is 11.8 Å². The van der Waals surface area contributed by atoms with Crippen LogP contribution in [0.4, 0.5) is 0 Å². The van der Waals surface area contributed by atoms with Crippen molar-refractivity contribution < 1.29 is 9.59 Å². The van der Waals surface area contributed by atoms with Crippen molar-refractivity contribution in [2.24, 2.45) is 5.73 Å². The lowest BCUT2D eigenvalue weighted by Gasteiger charge is -2.23. The van der Waals surface area contributed by atoms with Gasteiger partial charge in [-0.3, -0.25) is 9.59 Å². The maximum Gasteiger partial charge on any atom is 0.239 e. The zero-order valence-corrected chi connectivity index (χ0v) is 10.5. The van der Waals surface area contributed by atoms with E-state index in [1.54, 1.807) is 4.90 Å². The number of nitrogens with one attached hydrogen (secondary N) is 1. The molecule has 0 rings (SSSR count). The third kappa shape index (κ3) is 5.70. The highest BCUT2D eigenvalue weighted by molar-refractivity contribution is 5.81. The molecule has 0 bridgehead atoms. The number of nitrogens with two attached hydrogens (primary N) is 1. The van der Waals surface area contributed by atoms with Crippen molar-refractivity contribution in [3.63, 3.8) is 0 Å². The van der Waals surface area contributed by atoms with Crippen LogP contribution < -0.4 is 11.1 Å². The average Bonchev–Trinajstić information content (AvgIpc) is 2.25. The van der Waals surface area contributed by atoms with E-state index in [4.69, 9.17) is 5.73 Å². The summed E-state index contributed by atoms with van der Waals surface area (Å²) in [4.78, 5) is 24.1. The fourth-order valence-corrected chi connectivity index (χ4v) is 1.48. The maximum absolute atomic E-state index is 11.8. The van der Waals surface area contributed by atoms with E-state index >= 15 is 0 Å². The van der Waals surface area contributed by atoms with Gasteiger partial charge >= 0.3 is 0 Å². The molecule has 0 saturated carbocycles. The summed E-state index contributed by atoms with van der Waals surface area (Å²) in [6, 6.07) is -0.201. The van der Waals surface area contributed by atoms with Gasteiger partial charge < -0.3 is 16.0 Å². The number of primary amides is 1.